The number of alkyl halides is 9. The first-order valence-corrected chi connectivity index (χ1v) is 7.50. The van der Waals surface area contributed by atoms with Crippen LogP contribution in [0.3, 0.4) is 0 Å². The van der Waals surface area contributed by atoms with Gasteiger partial charge in [0.25, 0.3) is 0 Å². The Morgan fingerprint density at radius 2 is 1.30 bits per heavy atom. The van der Waals surface area contributed by atoms with E-state index >= 15 is 0 Å². The summed E-state index contributed by atoms with van der Waals surface area (Å²) < 4.78 is 115. The first-order chi connectivity index (χ1) is 12.1. The van der Waals surface area contributed by atoms with Gasteiger partial charge in [0.2, 0.25) is 0 Å². The molecule has 1 aromatic carbocycles. The summed E-state index contributed by atoms with van der Waals surface area (Å²) in [5, 5.41) is 1.23. The van der Waals surface area contributed by atoms with Gasteiger partial charge >= 0.3 is 29.9 Å². The maximum atomic E-state index is 13.5. The van der Waals surface area contributed by atoms with E-state index in [1.807, 2.05) is 13.8 Å². The van der Waals surface area contributed by atoms with Crippen LogP contribution in [0.1, 0.15) is 13.8 Å². The molecule has 0 fully saturated rings. The van der Waals surface area contributed by atoms with Crippen LogP contribution in [0.2, 0.25) is 0 Å². The number of carbonyl (C=O) groups excluding carboxylic acids is 1. The molecule has 0 saturated heterocycles. The molecule has 0 heterocycles. The van der Waals surface area contributed by atoms with Crippen LogP contribution in [-0.2, 0) is 4.79 Å². The van der Waals surface area contributed by atoms with Crippen molar-refractivity contribution in [1.82, 2.24) is 0 Å². The molecular weight excluding hydrogens is 395 g/mol. The van der Waals surface area contributed by atoms with Crippen molar-refractivity contribution >= 4 is 17.3 Å². The van der Waals surface area contributed by atoms with Gasteiger partial charge in [-0.3, -0.25) is 4.79 Å². The van der Waals surface area contributed by atoms with Crippen LogP contribution in [-0.4, -0.2) is 42.9 Å². The van der Waals surface area contributed by atoms with Gasteiger partial charge < -0.3 is 10.2 Å². The lowest BCUT2D eigenvalue weighted by molar-refractivity contribution is -0.388. The van der Waals surface area contributed by atoms with Gasteiger partial charge in [0.15, 0.2) is 0 Å². The minimum Gasteiger partial charge on any atom is -0.372 e. The van der Waals surface area contributed by atoms with E-state index in [1.54, 1.807) is 4.90 Å². The minimum atomic E-state index is -7.12. The third-order valence-corrected chi connectivity index (χ3v) is 3.68. The zero-order valence-corrected chi connectivity index (χ0v) is 14.0. The van der Waals surface area contributed by atoms with Gasteiger partial charge in [-0.25, -0.2) is 0 Å². The number of rotatable bonds is 7. The molecule has 0 aromatic heterocycles. The predicted molar refractivity (Wildman–Crippen MR) is 79.5 cm³/mol. The zero-order valence-electron chi connectivity index (χ0n) is 14.0. The summed E-state index contributed by atoms with van der Waals surface area (Å²) in [6.45, 7) is 4.75. The Hall–Kier alpha value is -2.14. The second kappa shape index (κ2) is 7.47. The molecule has 0 aliphatic heterocycles. The number of nitrogens with one attached hydrogen (secondary N) is 1. The molecule has 0 radical (unpaired) electrons. The van der Waals surface area contributed by atoms with Crippen molar-refractivity contribution < 1.29 is 44.3 Å². The number of benzene rings is 1. The van der Waals surface area contributed by atoms with Crippen LogP contribution < -0.4 is 10.2 Å². The highest BCUT2D eigenvalue weighted by atomic mass is 19.4. The Labute approximate surface area is 148 Å². The van der Waals surface area contributed by atoms with Crippen molar-refractivity contribution in [1.29, 1.82) is 0 Å². The molecule has 0 aliphatic rings. The number of hydrogen-bond donors (Lipinski definition) is 1. The molecule has 1 aromatic rings. The normalized spacial score (nSPS) is 13.4. The molecule has 1 N–H and O–H groups in total. The standard InChI is InChI=1S/C15H15F9N2O/c1-3-26(4-2)10-7-5-9(6-8-10)25-11(27)12(16,17)13(18,19)14(20,21)15(22,23)24/h5-8H,3-4H2,1-2H3,(H,25,27). The highest BCUT2D eigenvalue weighted by Crippen LogP contribution is 2.53. The van der Waals surface area contributed by atoms with E-state index in [0.717, 1.165) is 12.1 Å². The zero-order chi connectivity index (χ0) is 21.3. The van der Waals surface area contributed by atoms with Gasteiger partial charge in [-0.1, -0.05) is 0 Å². The highest BCUT2D eigenvalue weighted by molar-refractivity contribution is 5.97. The molecule has 27 heavy (non-hydrogen) atoms. The van der Waals surface area contributed by atoms with Crippen molar-refractivity contribution in [3.05, 3.63) is 24.3 Å². The van der Waals surface area contributed by atoms with Crippen LogP contribution in [0.25, 0.3) is 0 Å². The van der Waals surface area contributed by atoms with E-state index in [4.69, 9.17) is 0 Å². The first-order valence-electron chi connectivity index (χ1n) is 7.50. The lowest BCUT2D eigenvalue weighted by Gasteiger charge is -2.32. The van der Waals surface area contributed by atoms with Gasteiger partial charge in [-0.05, 0) is 38.1 Å². The monoisotopic (exact) mass is 410 g/mol. The fourth-order valence-electron chi connectivity index (χ4n) is 2.07. The Balaban J connectivity index is 3.07. The smallest absolute Gasteiger partial charge is 0.372 e. The molecule has 1 rings (SSSR count). The average Bonchev–Trinajstić information content (AvgIpc) is 2.56. The van der Waals surface area contributed by atoms with Gasteiger partial charge in [0, 0.05) is 24.5 Å². The van der Waals surface area contributed by atoms with E-state index in [1.165, 1.54) is 17.4 Å². The molecular formula is C15H15F9N2O. The van der Waals surface area contributed by atoms with E-state index < -0.39 is 35.5 Å². The largest absolute Gasteiger partial charge is 0.460 e. The molecule has 12 heteroatoms. The maximum Gasteiger partial charge on any atom is 0.460 e. The summed E-state index contributed by atoms with van der Waals surface area (Å²) in [4.78, 5) is 13.1. The van der Waals surface area contributed by atoms with E-state index in [-0.39, 0.29) is 0 Å². The Bertz CT molecular complexity index is 652. The summed E-state index contributed by atoms with van der Waals surface area (Å²) in [6, 6.07) is 4.68. The van der Waals surface area contributed by atoms with Crippen molar-refractivity contribution in [2.75, 3.05) is 23.3 Å². The molecule has 1 amide bonds. The minimum absolute atomic E-state index is 0.485. The molecule has 154 valence electrons. The number of anilines is 2. The first kappa shape index (κ1) is 22.9. The molecule has 0 aliphatic carbocycles. The summed E-state index contributed by atoms with van der Waals surface area (Å²) in [6.07, 6.45) is -6.98. The summed E-state index contributed by atoms with van der Waals surface area (Å²) in [5.74, 6) is -23.4. The second-order valence-corrected chi connectivity index (χ2v) is 5.39. The van der Waals surface area contributed by atoms with E-state index in [0.29, 0.717) is 18.8 Å². The quantitative estimate of drug-likeness (QED) is 0.646. The van der Waals surface area contributed by atoms with Crippen molar-refractivity contribution in [2.24, 2.45) is 0 Å². The Morgan fingerprint density at radius 1 is 0.852 bits per heavy atom. The van der Waals surface area contributed by atoms with Crippen molar-refractivity contribution in [3.8, 4) is 0 Å². The topological polar surface area (TPSA) is 32.3 Å². The average molecular weight is 410 g/mol. The van der Waals surface area contributed by atoms with Crippen LogP contribution in [0.5, 0.6) is 0 Å². The fourth-order valence-corrected chi connectivity index (χ4v) is 2.07. The second-order valence-electron chi connectivity index (χ2n) is 5.39. The summed E-state index contributed by atoms with van der Waals surface area (Å²) >= 11 is 0. The summed E-state index contributed by atoms with van der Waals surface area (Å²) in [7, 11) is 0. The van der Waals surface area contributed by atoms with Gasteiger partial charge in [0.05, 0.1) is 0 Å². The molecule has 0 atom stereocenters. The molecule has 0 spiro atoms. The van der Waals surface area contributed by atoms with E-state index in [2.05, 4.69) is 0 Å². The molecule has 3 nitrogen and oxygen atoms in total. The van der Waals surface area contributed by atoms with E-state index in [9.17, 15) is 44.3 Å². The van der Waals surface area contributed by atoms with Crippen molar-refractivity contribution in [3.63, 3.8) is 0 Å². The van der Waals surface area contributed by atoms with Gasteiger partial charge in [0.1, 0.15) is 0 Å². The fraction of sp³-hybridized carbons (Fsp3) is 0.533. The SMILES string of the molecule is CCN(CC)c1ccc(NC(=O)C(F)(F)C(F)(F)C(F)(F)C(F)(F)F)cc1. The molecule has 0 saturated carbocycles. The number of nitrogens with zero attached hydrogens (tertiary/aromatic N) is 1. The summed E-state index contributed by atoms with van der Waals surface area (Å²) in [5.41, 5.74) is 0.0976. The van der Waals surface area contributed by atoms with Crippen LogP contribution in [0, 0.1) is 0 Å². The highest BCUT2D eigenvalue weighted by Gasteiger charge is 2.83. The molecule has 0 bridgehead atoms. The number of amides is 1. The maximum absolute atomic E-state index is 13.5. The van der Waals surface area contributed by atoms with Crippen LogP contribution in [0.15, 0.2) is 24.3 Å². The third-order valence-electron chi connectivity index (χ3n) is 3.68. The number of hydrogen-bond acceptors (Lipinski definition) is 2. The number of halogens is 9. The van der Waals surface area contributed by atoms with Gasteiger partial charge in [-0.15, -0.1) is 0 Å². The lowest BCUT2D eigenvalue weighted by Crippen LogP contribution is -2.64. The predicted octanol–water partition coefficient (Wildman–Crippen LogP) is 4.94. The van der Waals surface area contributed by atoms with Crippen molar-refractivity contribution in [2.45, 2.75) is 37.8 Å². The van der Waals surface area contributed by atoms with Gasteiger partial charge in [-0.2, -0.15) is 39.5 Å². The number of carbonyl (C=O) groups is 1. The third kappa shape index (κ3) is 4.08. The van der Waals surface area contributed by atoms with Crippen LogP contribution >= 0.6 is 0 Å². The Morgan fingerprint density at radius 3 is 1.67 bits per heavy atom. The molecule has 0 unspecified atom stereocenters. The Kier molecular flexibility index (Phi) is 6.33. The lowest BCUT2D eigenvalue weighted by atomic mass is 10.0. The van der Waals surface area contributed by atoms with Crippen LogP contribution in [0.4, 0.5) is 50.9 Å².